The number of aromatic nitrogens is 2. The predicted molar refractivity (Wildman–Crippen MR) is 61.3 cm³/mol. The molecule has 0 saturated carbocycles. The highest BCUT2D eigenvalue weighted by molar-refractivity contribution is 5.53. The van der Waals surface area contributed by atoms with Crippen molar-refractivity contribution >= 4 is 17.5 Å². The lowest BCUT2D eigenvalue weighted by Gasteiger charge is -2.16. The van der Waals surface area contributed by atoms with E-state index in [1.165, 1.54) is 0 Å². The van der Waals surface area contributed by atoms with Crippen LogP contribution in [0.3, 0.4) is 0 Å². The molecule has 0 saturated heterocycles. The van der Waals surface area contributed by atoms with E-state index in [2.05, 4.69) is 16.9 Å². The summed E-state index contributed by atoms with van der Waals surface area (Å²) in [5, 5.41) is 10.5. The molecule has 2 N–H and O–H groups in total. The minimum absolute atomic E-state index is 0.0988. The lowest BCUT2D eigenvalue weighted by molar-refractivity contribution is -0.384. The van der Waals surface area contributed by atoms with Gasteiger partial charge in [0, 0.05) is 13.6 Å². The van der Waals surface area contributed by atoms with Crippen molar-refractivity contribution < 1.29 is 4.92 Å². The third-order valence-corrected chi connectivity index (χ3v) is 2.17. The molecule has 0 aliphatic heterocycles. The normalized spacial score (nSPS) is 10.1. The Labute approximate surface area is 93.4 Å². The van der Waals surface area contributed by atoms with Gasteiger partial charge in [0.2, 0.25) is 11.8 Å². The zero-order chi connectivity index (χ0) is 12.1. The van der Waals surface area contributed by atoms with Gasteiger partial charge in [0.1, 0.15) is 6.20 Å². The van der Waals surface area contributed by atoms with Gasteiger partial charge in [-0.3, -0.25) is 10.1 Å². The number of nitrogens with two attached hydrogens (primary N) is 1. The van der Waals surface area contributed by atoms with E-state index in [0.29, 0.717) is 5.95 Å². The number of hydrogen-bond acceptors (Lipinski definition) is 6. The average molecular weight is 225 g/mol. The summed E-state index contributed by atoms with van der Waals surface area (Å²) >= 11 is 0. The lowest BCUT2D eigenvalue weighted by Crippen LogP contribution is -2.21. The van der Waals surface area contributed by atoms with Crippen LogP contribution in [0.4, 0.5) is 17.5 Å². The molecular formula is C9H15N5O2. The first-order chi connectivity index (χ1) is 7.56. The Hall–Kier alpha value is -1.92. The fraction of sp³-hybridized carbons (Fsp3) is 0.556. The second-order valence-electron chi connectivity index (χ2n) is 3.47. The maximum Gasteiger partial charge on any atom is 0.329 e. The summed E-state index contributed by atoms with van der Waals surface area (Å²) < 4.78 is 0. The number of hydrogen-bond donors (Lipinski definition) is 1. The summed E-state index contributed by atoms with van der Waals surface area (Å²) in [5.41, 5.74) is 5.21. The average Bonchev–Trinajstić information content (AvgIpc) is 2.25. The zero-order valence-electron chi connectivity index (χ0n) is 9.38. The molecule has 1 rings (SSSR count). The maximum atomic E-state index is 10.5. The van der Waals surface area contributed by atoms with Gasteiger partial charge in [-0.15, -0.1) is 0 Å². The number of unbranched alkanes of at least 4 members (excludes halogenated alkanes) is 1. The van der Waals surface area contributed by atoms with E-state index in [1.54, 1.807) is 0 Å². The molecule has 0 radical (unpaired) electrons. The van der Waals surface area contributed by atoms with E-state index in [4.69, 9.17) is 5.73 Å². The van der Waals surface area contributed by atoms with Crippen LogP contribution < -0.4 is 10.6 Å². The molecular weight excluding hydrogens is 210 g/mol. The van der Waals surface area contributed by atoms with Crippen molar-refractivity contribution in [2.45, 2.75) is 19.8 Å². The molecule has 0 aromatic carbocycles. The minimum Gasteiger partial charge on any atom is -0.378 e. The standard InChI is InChI=1S/C9H15N5O2/c1-3-4-5-13(2)9-11-6-7(14(15)16)8(10)12-9/h6H,3-5H2,1-2H3,(H2,10,11,12). The van der Waals surface area contributed by atoms with Gasteiger partial charge in [0.25, 0.3) is 0 Å². The Morgan fingerprint density at radius 1 is 1.62 bits per heavy atom. The molecule has 0 aliphatic carbocycles. The number of nitro groups is 1. The van der Waals surface area contributed by atoms with Crippen molar-refractivity contribution in [3.05, 3.63) is 16.3 Å². The molecule has 1 heterocycles. The molecule has 16 heavy (non-hydrogen) atoms. The van der Waals surface area contributed by atoms with Crippen molar-refractivity contribution in [3.8, 4) is 0 Å². The second-order valence-corrected chi connectivity index (χ2v) is 3.47. The fourth-order valence-corrected chi connectivity index (χ4v) is 1.20. The van der Waals surface area contributed by atoms with E-state index >= 15 is 0 Å². The van der Waals surface area contributed by atoms with E-state index in [1.807, 2.05) is 11.9 Å². The van der Waals surface area contributed by atoms with Crippen molar-refractivity contribution in [3.63, 3.8) is 0 Å². The van der Waals surface area contributed by atoms with E-state index < -0.39 is 4.92 Å². The van der Waals surface area contributed by atoms with Gasteiger partial charge in [-0.1, -0.05) is 13.3 Å². The summed E-state index contributed by atoms with van der Waals surface area (Å²) in [6.45, 7) is 2.88. The molecule has 1 aromatic heterocycles. The second kappa shape index (κ2) is 5.24. The van der Waals surface area contributed by atoms with Gasteiger partial charge in [0.15, 0.2) is 0 Å². The van der Waals surface area contributed by atoms with Gasteiger partial charge in [-0.25, -0.2) is 4.98 Å². The van der Waals surface area contributed by atoms with Gasteiger partial charge in [-0.05, 0) is 6.42 Å². The van der Waals surface area contributed by atoms with Crippen LogP contribution in [-0.4, -0.2) is 28.5 Å². The van der Waals surface area contributed by atoms with Crippen molar-refractivity contribution in [1.82, 2.24) is 9.97 Å². The van der Waals surface area contributed by atoms with Crippen LogP contribution in [0.1, 0.15) is 19.8 Å². The van der Waals surface area contributed by atoms with Crippen LogP contribution >= 0.6 is 0 Å². The number of rotatable bonds is 5. The van der Waals surface area contributed by atoms with E-state index in [9.17, 15) is 10.1 Å². The third-order valence-electron chi connectivity index (χ3n) is 2.17. The molecule has 0 aliphatic rings. The Kier molecular flexibility index (Phi) is 3.98. The van der Waals surface area contributed by atoms with Gasteiger partial charge < -0.3 is 10.6 Å². The Bertz CT molecular complexity index is 382. The SMILES string of the molecule is CCCCN(C)c1ncc([N+](=O)[O-])c(N)n1. The minimum atomic E-state index is -0.592. The molecule has 0 unspecified atom stereocenters. The fourth-order valence-electron chi connectivity index (χ4n) is 1.20. The number of anilines is 2. The highest BCUT2D eigenvalue weighted by Gasteiger charge is 2.15. The molecule has 7 nitrogen and oxygen atoms in total. The van der Waals surface area contributed by atoms with E-state index in [-0.39, 0.29) is 11.5 Å². The van der Waals surface area contributed by atoms with Crippen LogP contribution in [0.15, 0.2) is 6.20 Å². The molecule has 88 valence electrons. The smallest absolute Gasteiger partial charge is 0.329 e. The van der Waals surface area contributed by atoms with Gasteiger partial charge in [0.05, 0.1) is 4.92 Å². The van der Waals surface area contributed by atoms with E-state index in [0.717, 1.165) is 25.6 Å². The molecule has 0 atom stereocenters. The summed E-state index contributed by atoms with van der Waals surface area (Å²) in [4.78, 5) is 19.5. The molecule has 0 spiro atoms. The topological polar surface area (TPSA) is 98.2 Å². The first-order valence-corrected chi connectivity index (χ1v) is 5.04. The number of nitrogen functional groups attached to an aromatic ring is 1. The van der Waals surface area contributed by atoms with Crippen LogP contribution in [0.2, 0.25) is 0 Å². The van der Waals surface area contributed by atoms with Gasteiger partial charge >= 0.3 is 5.69 Å². The number of nitrogens with zero attached hydrogens (tertiary/aromatic N) is 4. The molecule has 7 heteroatoms. The maximum absolute atomic E-state index is 10.5. The molecule has 1 aromatic rings. The molecule has 0 amide bonds. The Morgan fingerprint density at radius 3 is 2.81 bits per heavy atom. The van der Waals surface area contributed by atoms with Gasteiger partial charge in [-0.2, -0.15) is 4.98 Å². The predicted octanol–water partition coefficient (Wildman–Crippen LogP) is 1.20. The monoisotopic (exact) mass is 225 g/mol. The summed E-state index contributed by atoms with van der Waals surface area (Å²) in [6, 6.07) is 0. The first-order valence-electron chi connectivity index (χ1n) is 5.04. The summed E-state index contributed by atoms with van der Waals surface area (Å²) in [6.07, 6.45) is 3.21. The van der Waals surface area contributed by atoms with Crippen LogP contribution in [0, 0.1) is 10.1 Å². The largest absolute Gasteiger partial charge is 0.378 e. The quantitative estimate of drug-likeness (QED) is 0.597. The highest BCUT2D eigenvalue weighted by atomic mass is 16.6. The Balaban J connectivity index is 2.84. The van der Waals surface area contributed by atoms with Crippen LogP contribution in [-0.2, 0) is 0 Å². The van der Waals surface area contributed by atoms with Crippen LogP contribution in [0.25, 0.3) is 0 Å². The third kappa shape index (κ3) is 2.78. The Morgan fingerprint density at radius 2 is 2.31 bits per heavy atom. The van der Waals surface area contributed by atoms with Crippen molar-refractivity contribution in [1.29, 1.82) is 0 Å². The zero-order valence-corrected chi connectivity index (χ0v) is 9.38. The first kappa shape index (κ1) is 12.2. The summed E-state index contributed by atoms with van der Waals surface area (Å²) in [5.74, 6) is 0.315. The van der Waals surface area contributed by atoms with Crippen molar-refractivity contribution in [2.24, 2.45) is 0 Å². The van der Waals surface area contributed by atoms with Crippen LogP contribution in [0.5, 0.6) is 0 Å². The lowest BCUT2D eigenvalue weighted by atomic mass is 10.3. The molecule has 0 bridgehead atoms. The van der Waals surface area contributed by atoms with Crippen molar-refractivity contribution in [2.75, 3.05) is 24.2 Å². The molecule has 0 fully saturated rings. The highest BCUT2D eigenvalue weighted by Crippen LogP contribution is 2.19. The summed E-state index contributed by atoms with van der Waals surface area (Å²) in [7, 11) is 1.83.